The number of aromatic nitrogens is 1. The Bertz CT molecular complexity index is 394. The maximum atomic E-state index is 11.2. The fourth-order valence-electron chi connectivity index (χ4n) is 0.910. The number of amides is 1. The van der Waals surface area contributed by atoms with Crippen LogP contribution in [-0.2, 0) is 9.53 Å². The molecule has 1 rings (SSSR count). The number of pyridine rings is 1. The first-order chi connectivity index (χ1) is 8.11. The number of hydrogen-bond acceptors (Lipinski definition) is 5. The summed E-state index contributed by atoms with van der Waals surface area (Å²) in [4.78, 5) is 25.9. The Balaban J connectivity index is 2.34. The lowest BCUT2D eigenvalue weighted by molar-refractivity contribution is -0.141. The number of nitrogens with one attached hydrogen (secondary N) is 1. The fourth-order valence-corrected chi connectivity index (χ4v) is 1.02. The zero-order valence-electron chi connectivity index (χ0n) is 9.10. The van der Waals surface area contributed by atoms with Crippen LogP contribution in [0.25, 0.3) is 0 Å². The second-order valence-electron chi connectivity index (χ2n) is 2.86. The number of esters is 1. The summed E-state index contributed by atoms with van der Waals surface area (Å²) in [5, 5.41) is 2.66. The van der Waals surface area contributed by atoms with Crippen LogP contribution in [0.5, 0.6) is 5.88 Å². The topological polar surface area (TPSA) is 77.5 Å². The van der Waals surface area contributed by atoms with E-state index in [1.807, 2.05) is 0 Å². The summed E-state index contributed by atoms with van der Waals surface area (Å²) in [5.41, 5.74) is 0. The second-order valence-corrected chi connectivity index (χ2v) is 3.30. The minimum atomic E-state index is -0.784. The molecule has 1 aromatic rings. The van der Waals surface area contributed by atoms with E-state index >= 15 is 0 Å². The van der Waals surface area contributed by atoms with Crippen molar-refractivity contribution >= 4 is 23.7 Å². The molecule has 0 aliphatic carbocycles. The van der Waals surface area contributed by atoms with E-state index in [9.17, 15) is 9.59 Å². The third kappa shape index (κ3) is 5.17. The largest absolute Gasteiger partial charge is 0.465 e. The van der Waals surface area contributed by atoms with Crippen LogP contribution in [0.15, 0.2) is 18.3 Å². The van der Waals surface area contributed by atoms with Crippen molar-refractivity contribution in [3.05, 3.63) is 23.4 Å². The summed E-state index contributed by atoms with van der Waals surface area (Å²) >= 11 is 5.61. The van der Waals surface area contributed by atoms with Crippen molar-refractivity contribution in [2.45, 2.75) is 6.92 Å². The lowest BCUT2D eigenvalue weighted by atomic mass is 10.5. The van der Waals surface area contributed by atoms with E-state index in [4.69, 9.17) is 16.3 Å². The smallest absolute Gasteiger partial charge is 0.414 e. The molecule has 0 saturated carbocycles. The quantitative estimate of drug-likeness (QED) is 0.826. The van der Waals surface area contributed by atoms with E-state index in [0.29, 0.717) is 5.02 Å². The van der Waals surface area contributed by atoms with Crippen molar-refractivity contribution in [2.24, 2.45) is 0 Å². The van der Waals surface area contributed by atoms with Gasteiger partial charge in [-0.2, -0.15) is 0 Å². The molecule has 0 fully saturated rings. The first-order valence-electron chi connectivity index (χ1n) is 4.84. The highest BCUT2D eigenvalue weighted by Gasteiger charge is 2.08. The average molecular weight is 259 g/mol. The van der Waals surface area contributed by atoms with Gasteiger partial charge in [-0.25, -0.2) is 9.78 Å². The predicted molar refractivity (Wildman–Crippen MR) is 59.9 cm³/mol. The van der Waals surface area contributed by atoms with Crippen molar-refractivity contribution in [3.63, 3.8) is 0 Å². The third-order valence-electron chi connectivity index (χ3n) is 1.58. The van der Waals surface area contributed by atoms with E-state index < -0.39 is 12.1 Å². The molecule has 1 amide bonds. The molecule has 0 spiro atoms. The second kappa shape index (κ2) is 6.70. The lowest BCUT2D eigenvalue weighted by Crippen LogP contribution is -2.33. The summed E-state index contributed by atoms with van der Waals surface area (Å²) in [6.45, 7) is 1.68. The molecule has 0 bridgehead atoms. The van der Waals surface area contributed by atoms with Gasteiger partial charge in [0.25, 0.3) is 0 Å². The maximum absolute atomic E-state index is 11.2. The Morgan fingerprint density at radius 2 is 2.24 bits per heavy atom. The number of halogens is 1. The number of carbonyl (C=O) groups is 2. The van der Waals surface area contributed by atoms with E-state index in [1.165, 1.54) is 18.3 Å². The molecular formula is C10H11ClN2O4. The molecule has 0 aliphatic rings. The van der Waals surface area contributed by atoms with E-state index in [0.717, 1.165) is 0 Å². The number of carbonyl (C=O) groups excluding carboxylic acids is 2. The summed E-state index contributed by atoms with van der Waals surface area (Å²) in [6.07, 6.45) is 0.558. The molecular weight excluding hydrogens is 248 g/mol. The highest BCUT2D eigenvalue weighted by atomic mass is 35.5. The summed E-state index contributed by atoms with van der Waals surface area (Å²) in [7, 11) is 0. The molecule has 0 saturated heterocycles. The predicted octanol–water partition coefficient (Wildman–Crippen LogP) is 1.39. The van der Waals surface area contributed by atoms with Gasteiger partial charge in [-0.15, -0.1) is 0 Å². The first-order valence-corrected chi connectivity index (χ1v) is 5.22. The van der Waals surface area contributed by atoms with Crippen LogP contribution in [0.4, 0.5) is 4.79 Å². The monoisotopic (exact) mass is 258 g/mol. The molecule has 0 radical (unpaired) electrons. The van der Waals surface area contributed by atoms with Crippen molar-refractivity contribution < 1.29 is 19.1 Å². The summed E-state index contributed by atoms with van der Waals surface area (Å²) in [5.74, 6) is -0.440. The maximum Gasteiger partial charge on any atom is 0.414 e. The van der Waals surface area contributed by atoms with Crippen LogP contribution in [0.1, 0.15) is 6.92 Å². The third-order valence-corrected chi connectivity index (χ3v) is 1.80. The molecule has 0 unspecified atom stereocenters. The van der Waals surface area contributed by atoms with E-state index in [2.05, 4.69) is 15.0 Å². The molecule has 0 aliphatic heterocycles. The summed E-state index contributed by atoms with van der Waals surface area (Å²) < 4.78 is 9.39. The zero-order valence-corrected chi connectivity index (χ0v) is 9.86. The molecule has 0 aromatic carbocycles. The van der Waals surface area contributed by atoms with Crippen LogP contribution in [0.3, 0.4) is 0 Å². The van der Waals surface area contributed by atoms with Gasteiger partial charge >= 0.3 is 12.1 Å². The van der Waals surface area contributed by atoms with Crippen LogP contribution in [-0.4, -0.2) is 30.2 Å². The van der Waals surface area contributed by atoms with Crippen LogP contribution in [0.2, 0.25) is 5.02 Å². The minimum absolute atomic E-state index is 0.0933. The molecule has 1 heterocycles. The SMILES string of the molecule is CCOC(=O)CNC(=O)Oc1ccc(Cl)cn1. The van der Waals surface area contributed by atoms with Crippen LogP contribution in [0, 0.1) is 0 Å². The van der Waals surface area contributed by atoms with Gasteiger partial charge in [0.1, 0.15) is 6.54 Å². The number of ether oxygens (including phenoxy) is 2. The van der Waals surface area contributed by atoms with Crippen molar-refractivity contribution in [1.82, 2.24) is 10.3 Å². The Hall–Kier alpha value is -1.82. The van der Waals surface area contributed by atoms with E-state index in [1.54, 1.807) is 6.92 Å². The lowest BCUT2D eigenvalue weighted by Gasteiger charge is -2.05. The Morgan fingerprint density at radius 1 is 1.47 bits per heavy atom. The van der Waals surface area contributed by atoms with Crippen molar-refractivity contribution in [3.8, 4) is 5.88 Å². The van der Waals surface area contributed by atoms with Gasteiger partial charge in [0.2, 0.25) is 5.88 Å². The van der Waals surface area contributed by atoms with Gasteiger partial charge in [-0.05, 0) is 13.0 Å². The number of rotatable bonds is 4. The minimum Gasteiger partial charge on any atom is -0.465 e. The van der Waals surface area contributed by atoms with Gasteiger partial charge in [0.05, 0.1) is 11.6 Å². The van der Waals surface area contributed by atoms with Gasteiger partial charge < -0.3 is 14.8 Å². The number of nitrogens with zero attached hydrogens (tertiary/aromatic N) is 1. The van der Waals surface area contributed by atoms with E-state index in [-0.39, 0.29) is 19.0 Å². The molecule has 6 nitrogen and oxygen atoms in total. The highest BCUT2D eigenvalue weighted by molar-refractivity contribution is 6.30. The van der Waals surface area contributed by atoms with Gasteiger partial charge in [-0.1, -0.05) is 11.6 Å². The molecule has 0 atom stereocenters. The normalized spacial score (nSPS) is 9.53. The molecule has 1 aromatic heterocycles. The van der Waals surface area contributed by atoms with Crippen molar-refractivity contribution in [1.29, 1.82) is 0 Å². The molecule has 1 N–H and O–H groups in total. The van der Waals surface area contributed by atoms with Crippen LogP contribution < -0.4 is 10.1 Å². The average Bonchev–Trinajstić information content (AvgIpc) is 2.30. The molecule has 92 valence electrons. The first kappa shape index (κ1) is 13.2. The van der Waals surface area contributed by atoms with Gasteiger partial charge in [0.15, 0.2) is 0 Å². The molecule has 7 heteroatoms. The van der Waals surface area contributed by atoms with Gasteiger partial charge in [0, 0.05) is 12.3 Å². The highest BCUT2D eigenvalue weighted by Crippen LogP contribution is 2.11. The molecule has 17 heavy (non-hydrogen) atoms. The Morgan fingerprint density at radius 3 is 2.82 bits per heavy atom. The van der Waals surface area contributed by atoms with Gasteiger partial charge in [-0.3, -0.25) is 4.79 Å². The standard InChI is InChI=1S/C10H11ClN2O4/c1-2-16-9(14)6-13-10(15)17-8-4-3-7(11)5-12-8/h3-5H,2,6H2,1H3,(H,13,15). The van der Waals surface area contributed by atoms with Crippen molar-refractivity contribution in [2.75, 3.05) is 13.2 Å². The zero-order chi connectivity index (χ0) is 12.7. The van der Waals surface area contributed by atoms with Crippen LogP contribution >= 0.6 is 11.6 Å². The number of hydrogen-bond donors (Lipinski definition) is 1. The summed E-state index contributed by atoms with van der Waals surface area (Å²) in [6, 6.07) is 2.97. The fraction of sp³-hybridized carbons (Fsp3) is 0.300. The Labute approximate surface area is 103 Å². The Kier molecular flexibility index (Phi) is 5.22.